The molecule has 3 N–H and O–H groups in total. The molecule has 2 aromatic carbocycles. The van der Waals surface area contributed by atoms with Gasteiger partial charge in [-0.05, 0) is 66.7 Å². The fourth-order valence-electron chi connectivity index (χ4n) is 4.94. The maximum Gasteiger partial charge on any atom is 0.339 e. The van der Waals surface area contributed by atoms with E-state index in [1.807, 2.05) is 42.5 Å². The molecule has 1 fully saturated rings. The van der Waals surface area contributed by atoms with E-state index < -0.39 is 24.5 Å². The second kappa shape index (κ2) is 10.2. The minimum Gasteiger partial charge on any atom is -0.508 e. The first-order valence-corrected chi connectivity index (χ1v) is 12.2. The quantitative estimate of drug-likeness (QED) is 0.463. The van der Waals surface area contributed by atoms with E-state index in [0.29, 0.717) is 29.3 Å². The summed E-state index contributed by atoms with van der Waals surface area (Å²) in [6, 6.07) is 13.7. The minimum absolute atomic E-state index is 0.0787. The van der Waals surface area contributed by atoms with Crippen LogP contribution >= 0.6 is 0 Å². The fraction of sp³-hybridized carbons (Fsp3) is 0.286. The number of allylic oxidation sites excluding steroid dienone is 1. The van der Waals surface area contributed by atoms with Crippen LogP contribution in [0.5, 0.6) is 5.75 Å². The number of phenols is 1. The van der Waals surface area contributed by atoms with E-state index in [2.05, 4.69) is 10.6 Å². The summed E-state index contributed by atoms with van der Waals surface area (Å²) < 4.78 is 5.35. The van der Waals surface area contributed by atoms with Crippen LogP contribution in [0.2, 0.25) is 0 Å². The highest BCUT2D eigenvalue weighted by Crippen LogP contribution is 2.37. The van der Waals surface area contributed by atoms with Gasteiger partial charge in [0.25, 0.3) is 5.91 Å². The van der Waals surface area contributed by atoms with Gasteiger partial charge in [-0.3, -0.25) is 10.1 Å². The van der Waals surface area contributed by atoms with Crippen LogP contribution in [0.25, 0.3) is 22.6 Å². The van der Waals surface area contributed by atoms with E-state index in [4.69, 9.17) is 9.72 Å². The Hall–Kier alpha value is -4.20. The van der Waals surface area contributed by atoms with E-state index >= 15 is 0 Å². The Kier molecular flexibility index (Phi) is 6.66. The van der Waals surface area contributed by atoms with Gasteiger partial charge in [0.15, 0.2) is 6.61 Å². The number of rotatable bonds is 5. The normalized spacial score (nSPS) is 16.2. The topological polar surface area (TPSA) is 118 Å². The molecule has 0 saturated heterocycles. The van der Waals surface area contributed by atoms with E-state index in [0.717, 1.165) is 48.1 Å². The van der Waals surface area contributed by atoms with Crippen molar-refractivity contribution in [1.29, 1.82) is 0 Å². The Morgan fingerprint density at radius 1 is 1.03 bits per heavy atom. The molecule has 0 aliphatic heterocycles. The molecule has 3 amide bonds. The number of hydrogen-bond donors (Lipinski definition) is 3. The van der Waals surface area contributed by atoms with Crippen LogP contribution in [0.3, 0.4) is 0 Å². The van der Waals surface area contributed by atoms with Crippen LogP contribution in [-0.2, 0) is 16.0 Å². The monoisotopic (exact) mass is 485 g/mol. The zero-order chi connectivity index (χ0) is 25.1. The molecule has 8 heteroatoms. The number of amides is 3. The average molecular weight is 486 g/mol. The van der Waals surface area contributed by atoms with Gasteiger partial charge in [-0.25, -0.2) is 14.6 Å². The Morgan fingerprint density at radius 2 is 1.78 bits per heavy atom. The van der Waals surface area contributed by atoms with Gasteiger partial charge in [0.2, 0.25) is 0 Å². The van der Waals surface area contributed by atoms with Crippen LogP contribution in [0, 0.1) is 0 Å². The molecule has 2 aliphatic carbocycles. The highest BCUT2D eigenvalue weighted by Gasteiger charge is 2.28. The highest BCUT2D eigenvalue weighted by atomic mass is 16.5. The van der Waals surface area contributed by atoms with Gasteiger partial charge in [-0.1, -0.05) is 43.2 Å². The van der Waals surface area contributed by atoms with Gasteiger partial charge in [-0.15, -0.1) is 0 Å². The number of carbonyl (C=O) groups excluding carboxylic acids is 3. The largest absolute Gasteiger partial charge is 0.508 e. The standard InChI is InChI=1S/C28H27N3O5/c32-20-12-9-17(10-13-20)15-18-11-14-22-25(21-7-3-4-8-23(21)30-26(18)22)27(34)36-16-24(33)31-28(35)29-19-5-1-2-6-19/h3-4,7-10,12-13,15,19,32H,1-2,5-6,11,14,16H2,(H2,29,31,33,35). The van der Waals surface area contributed by atoms with Crippen molar-refractivity contribution in [1.82, 2.24) is 15.6 Å². The number of imide groups is 1. The van der Waals surface area contributed by atoms with E-state index in [-0.39, 0.29) is 11.8 Å². The molecule has 1 aromatic heterocycles. The number of phenolic OH excluding ortho intramolecular Hbond substituents is 1. The molecule has 2 aliphatic rings. The second-order valence-electron chi connectivity index (χ2n) is 9.17. The van der Waals surface area contributed by atoms with Crippen LogP contribution in [0.1, 0.15) is 59.3 Å². The number of ether oxygens (including phenoxy) is 1. The van der Waals surface area contributed by atoms with Crippen molar-refractivity contribution in [2.24, 2.45) is 0 Å². The van der Waals surface area contributed by atoms with Gasteiger partial charge >= 0.3 is 12.0 Å². The third kappa shape index (κ3) is 5.07. The highest BCUT2D eigenvalue weighted by molar-refractivity contribution is 6.08. The number of benzene rings is 2. The molecular weight excluding hydrogens is 458 g/mol. The first-order chi connectivity index (χ1) is 17.5. The Bertz CT molecular complexity index is 1360. The number of hydrogen-bond acceptors (Lipinski definition) is 6. The summed E-state index contributed by atoms with van der Waals surface area (Å²) in [5.74, 6) is -1.11. The number of urea groups is 1. The number of fused-ring (bicyclic) bond motifs is 2. The maximum absolute atomic E-state index is 13.2. The van der Waals surface area contributed by atoms with Crippen LogP contribution in [-0.4, -0.2) is 40.6 Å². The number of aromatic hydroxyl groups is 1. The minimum atomic E-state index is -0.679. The van der Waals surface area contributed by atoms with Crippen molar-refractivity contribution in [3.63, 3.8) is 0 Å². The molecule has 36 heavy (non-hydrogen) atoms. The number of pyridine rings is 1. The second-order valence-corrected chi connectivity index (χ2v) is 9.17. The van der Waals surface area contributed by atoms with E-state index in [9.17, 15) is 19.5 Å². The molecule has 184 valence electrons. The summed E-state index contributed by atoms with van der Waals surface area (Å²) in [6.07, 6.45) is 7.23. The van der Waals surface area contributed by atoms with Gasteiger partial charge in [0, 0.05) is 11.4 Å². The molecular formula is C28H27N3O5. The molecule has 0 atom stereocenters. The van der Waals surface area contributed by atoms with Gasteiger partial charge in [-0.2, -0.15) is 0 Å². The van der Waals surface area contributed by atoms with Gasteiger partial charge < -0.3 is 15.2 Å². The molecule has 8 nitrogen and oxygen atoms in total. The predicted molar refractivity (Wildman–Crippen MR) is 135 cm³/mol. The number of para-hydroxylation sites is 1. The first-order valence-electron chi connectivity index (χ1n) is 12.2. The molecule has 0 unspecified atom stereocenters. The molecule has 0 radical (unpaired) electrons. The summed E-state index contributed by atoms with van der Waals surface area (Å²) in [4.78, 5) is 42.3. The Balaban J connectivity index is 1.35. The predicted octanol–water partition coefficient (Wildman–Crippen LogP) is 4.35. The summed E-state index contributed by atoms with van der Waals surface area (Å²) in [5.41, 5.74) is 4.46. The van der Waals surface area contributed by atoms with Crippen molar-refractivity contribution in [3.8, 4) is 5.75 Å². The SMILES string of the molecule is O=C(COC(=O)c1c2c(nc3ccccc13)C(=Cc1ccc(O)cc1)CC2)NC(=O)NC1CCCC1. The van der Waals surface area contributed by atoms with Gasteiger partial charge in [0.05, 0.1) is 16.8 Å². The van der Waals surface area contributed by atoms with Crippen LogP contribution in [0.4, 0.5) is 4.79 Å². The number of aromatic nitrogens is 1. The third-order valence-corrected chi connectivity index (χ3v) is 6.66. The lowest BCUT2D eigenvalue weighted by Gasteiger charge is -2.14. The number of carbonyl (C=O) groups is 3. The third-order valence-electron chi connectivity index (χ3n) is 6.66. The number of esters is 1. The zero-order valence-corrected chi connectivity index (χ0v) is 19.8. The van der Waals surface area contributed by atoms with Gasteiger partial charge in [0.1, 0.15) is 5.75 Å². The van der Waals surface area contributed by atoms with Crippen molar-refractivity contribution in [2.75, 3.05) is 6.61 Å². The lowest BCUT2D eigenvalue weighted by molar-refractivity contribution is -0.123. The molecule has 1 heterocycles. The zero-order valence-electron chi connectivity index (χ0n) is 19.8. The van der Waals surface area contributed by atoms with Crippen molar-refractivity contribution in [2.45, 2.75) is 44.6 Å². The number of nitrogens with one attached hydrogen (secondary N) is 2. The van der Waals surface area contributed by atoms with E-state index in [1.165, 1.54) is 0 Å². The lowest BCUT2D eigenvalue weighted by Crippen LogP contribution is -2.45. The summed E-state index contributed by atoms with van der Waals surface area (Å²) in [7, 11) is 0. The van der Waals surface area contributed by atoms with Crippen molar-refractivity contribution >= 4 is 40.5 Å². The number of nitrogens with zero attached hydrogens (tertiary/aromatic N) is 1. The average Bonchev–Trinajstić information content (AvgIpc) is 3.52. The fourth-order valence-corrected chi connectivity index (χ4v) is 4.94. The molecule has 3 aromatic rings. The van der Waals surface area contributed by atoms with Crippen molar-refractivity contribution < 1.29 is 24.2 Å². The lowest BCUT2D eigenvalue weighted by atomic mass is 10.0. The van der Waals surface area contributed by atoms with E-state index in [1.54, 1.807) is 12.1 Å². The van der Waals surface area contributed by atoms with Crippen molar-refractivity contribution in [3.05, 3.63) is 70.9 Å². The first kappa shape index (κ1) is 23.5. The van der Waals surface area contributed by atoms with Crippen LogP contribution < -0.4 is 10.6 Å². The molecule has 0 spiro atoms. The Labute approximate surface area is 208 Å². The summed E-state index contributed by atoms with van der Waals surface area (Å²) in [6.45, 7) is -0.557. The molecule has 5 rings (SSSR count). The molecule has 1 saturated carbocycles. The maximum atomic E-state index is 13.2. The molecule has 0 bridgehead atoms. The Morgan fingerprint density at radius 3 is 2.56 bits per heavy atom. The summed E-state index contributed by atoms with van der Waals surface area (Å²) in [5, 5.41) is 15.2. The smallest absolute Gasteiger partial charge is 0.339 e. The summed E-state index contributed by atoms with van der Waals surface area (Å²) >= 11 is 0. The van der Waals surface area contributed by atoms with Crippen LogP contribution in [0.15, 0.2) is 48.5 Å².